The number of carbonyl (C=O) groups excluding carboxylic acids is 1. The Balaban J connectivity index is 3.51. The van der Waals surface area contributed by atoms with E-state index in [1.54, 1.807) is 6.92 Å². The number of rotatable bonds is 3. The smallest absolute Gasteiger partial charge is 0.312 e. The van der Waals surface area contributed by atoms with E-state index < -0.39 is 11.9 Å². The van der Waals surface area contributed by atoms with Gasteiger partial charge in [0.05, 0.1) is 35.9 Å². The summed E-state index contributed by atoms with van der Waals surface area (Å²) in [5.74, 6) is -1.67. The van der Waals surface area contributed by atoms with E-state index in [1.165, 1.54) is 14.2 Å². The molecule has 0 bridgehead atoms. The fraction of sp³-hybridized carbons (Fsp3) is 0.364. The highest BCUT2D eigenvalue weighted by atomic mass is 35.5. The first-order valence-electron chi connectivity index (χ1n) is 4.97. The van der Waals surface area contributed by atoms with Crippen LogP contribution in [0.15, 0.2) is 0 Å². The number of nitrogens with two attached hydrogens (primary N) is 1. The molecular weight excluding hydrogens is 281 g/mol. The molecule has 1 rings (SSSR count). The van der Waals surface area contributed by atoms with Gasteiger partial charge in [-0.15, -0.1) is 0 Å². The van der Waals surface area contributed by atoms with Crippen molar-refractivity contribution in [3.8, 4) is 11.5 Å². The number of methoxy groups -OCH3 is 2. The van der Waals surface area contributed by atoms with Gasteiger partial charge in [0.1, 0.15) is 0 Å². The average Bonchev–Trinajstić information content (AvgIpc) is 2.36. The Labute approximate surface area is 114 Å². The van der Waals surface area contributed by atoms with Gasteiger partial charge in [-0.05, 0) is 6.92 Å². The van der Waals surface area contributed by atoms with Crippen LogP contribution >= 0.6 is 23.2 Å². The maximum atomic E-state index is 11.5. The van der Waals surface area contributed by atoms with Crippen molar-refractivity contribution in [1.29, 1.82) is 0 Å². The van der Waals surface area contributed by atoms with Crippen LogP contribution in [0.3, 0.4) is 0 Å². The highest BCUT2D eigenvalue weighted by molar-refractivity contribution is 6.39. The lowest BCUT2D eigenvalue weighted by Gasteiger charge is -2.18. The van der Waals surface area contributed by atoms with Gasteiger partial charge in [-0.25, -0.2) is 0 Å². The van der Waals surface area contributed by atoms with Crippen molar-refractivity contribution in [1.82, 2.24) is 0 Å². The van der Waals surface area contributed by atoms with E-state index in [0.29, 0.717) is 0 Å². The Bertz CT molecular complexity index is 461. The highest BCUT2D eigenvalue weighted by Gasteiger charge is 2.28. The van der Waals surface area contributed by atoms with Crippen molar-refractivity contribution in [3.63, 3.8) is 0 Å². The Hall–Kier alpha value is -1.33. The van der Waals surface area contributed by atoms with Crippen LogP contribution in [0.1, 0.15) is 18.4 Å². The van der Waals surface area contributed by atoms with Gasteiger partial charge in [-0.2, -0.15) is 0 Å². The first-order valence-corrected chi connectivity index (χ1v) is 5.73. The molecule has 1 aromatic rings. The molecule has 0 unspecified atom stereocenters. The number of anilines is 1. The molecule has 7 heteroatoms. The van der Waals surface area contributed by atoms with Crippen molar-refractivity contribution in [3.05, 3.63) is 15.6 Å². The van der Waals surface area contributed by atoms with Crippen LogP contribution in [-0.4, -0.2) is 25.3 Å². The lowest BCUT2D eigenvalue weighted by atomic mass is 9.99. The Morgan fingerprint density at radius 2 is 1.89 bits per heavy atom. The van der Waals surface area contributed by atoms with Crippen LogP contribution in [0.4, 0.5) is 5.69 Å². The van der Waals surface area contributed by atoms with Gasteiger partial charge >= 0.3 is 5.97 Å². The number of carbonyl (C=O) groups is 1. The molecule has 0 saturated heterocycles. The zero-order chi connectivity index (χ0) is 14.0. The molecule has 100 valence electrons. The molecule has 0 spiro atoms. The maximum Gasteiger partial charge on any atom is 0.312 e. The third kappa shape index (κ3) is 2.28. The number of phenols is 1. The van der Waals surface area contributed by atoms with Gasteiger partial charge < -0.3 is 20.3 Å². The molecule has 0 heterocycles. The summed E-state index contributed by atoms with van der Waals surface area (Å²) >= 11 is 12.0. The molecule has 3 N–H and O–H groups in total. The topological polar surface area (TPSA) is 81.8 Å². The van der Waals surface area contributed by atoms with E-state index in [-0.39, 0.29) is 32.8 Å². The van der Waals surface area contributed by atoms with Crippen molar-refractivity contribution in [2.24, 2.45) is 0 Å². The lowest BCUT2D eigenvalue weighted by Crippen LogP contribution is -2.13. The predicted molar refractivity (Wildman–Crippen MR) is 69.5 cm³/mol. The average molecular weight is 294 g/mol. The summed E-state index contributed by atoms with van der Waals surface area (Å²) in [4.78, 5) is 11.5. The van der Waals surface area contributed by atoms with E-state index in [1.807, 2.05) is 0 Å². The van der Waals surface area contributed by atoms with Crippen LogP contribution in [0.2, 0.25) is 10.0 Å². The summed E-state index contributed by atoms with van der Waals surface area (Å²) in [7, 11) is 2.56. The van der Waals surface area contributed by atoms with Crippen LogP contribution in [0.25, 0.3) is 0 Å². The second-order valence-electron chi connectivity index (χ2n) is 3.58. The summed E-state index contributed by atoms with van der Waals surface area (Å²) in [6, 6.07) is 0. The zero-order valence-electron chi connectivity index (χ0n) is 10.1. The van der Waals surface area contributed by atoms with Crippen molar-refractivity contribution >= 4 is 34.9 Å². The quantitative estimate of drug-likeness (QED) is 0.661. The SMILES string of the molecule is COC(=O)[C@H](C)c1c(Cl)c(N)c(OC)c(O)c1Cl. The summed E-state index contributed by atoms with van der Waals surface area (Å²) < 4.78 is 9.50. The van der Waals surface area contributed by atoms with E-state index in [4.69, 9.17) is 33.7 Å². The molecule has 0 aliphatic carbocycles. The Kier molecular flexibility index (Phi) is 4.53. The number of hydrogen-bond acceptors (Lipinski definition) is 5. The second-order valence-corrected chi connectivity index (χ2v) is 4.34. The minimum Gasteiger partial charge on any atom is -0.503 e. The molecule has 0 aliphatic rings. The molecule has 0 amide bonds. The normalized spacial score (nSPS) is 12.1. The lowest BCUT2D eigenvalue weighted by molar-refractivity contribution is -0.141. The molecule has 0 aliphatic heterocycles. The van der Waals surface area contributed by atoms with Crippen LogP contribution < -0.4 is 10.5 Å². The van der Waals surface area contributed by atoms with Crippen molar-refractivity contribution < 1.29 is 19.4 Å². The van der Waals surface area contributed by atoms with Gasteiger partial charge in [0.25, 0.3) is 0 Å². The molecular formula is C11H13Cl2NO4. The minimum absolute atomic E-state index is 0.0202. The molecule has 0 aromatic heterocycles. The summed E-state index contributed by atoms with van der Waals surface area (Å²) in [5, 5.41) is 9.82. The molecule has 5 nitrogen and oxygen atoms in total. The van der Waals surface area contributed by atoms with E-state index >= 15 is 0 Å². The molecule has 0 radical (unpaired) electrons. The summed E-state index contributed by atoms with van der Waals surface area (Å²) in [6.45, 7) is 1.55. The first kappa shape index (κ1) is 14.7. The molecule has 0 fully saturated rings. The predicted octanol–water partition coefficient (Wildman–Crippen LogP) is 2.57. The molecule has 0 saturated carbocycles. The highest BCUT2D eigenvalue weighted by Crippen LogP contribution is 2.48. The second kappa shape index (κ2) is 5.54. The van der Waals surface area contributed by atoms with E-state index in [0.717, 1.165) is 0 Å². The standard InChI is InChI=1S/C11H13Cl2NO4/c1-4(11(16)18-3)5-6(12)8(14)10(17-2)9(15)7(5)13/h4,15H,14H2,1-3H3/t4-/m1/s1. The molecule has 1 atom stereocenters. The Morgan fingerprint density at radius 1 is 1.33 bits per heavy atom. The summed E-state index contributed by atoms with van der Waals surface area (Å²) in [5.41, 5.74) is 5.94. The van der Waals surface area contributed by atoms with Crippen LogP contribution in [-0.2, 0) is 9.53 Å². The number of ether oxygens (including phenoxy) is 2. The zero-order valence-corrected chi connectivity index (χ0v) is 11.6. The largest absolute Gasteiger partial charge is 0.503 e. The van der Waals surface area contributed by atoms with Crippen LogP contribution in [0.5, 0.6) is 11.5 Å². The minimum atomic E-state index is -0.755. The fourth-order valence-electron chi connectivity index (χ4n) is 1.58. The number of esters is 1. The summed E-state index contributed by atoms with van der Waals surface area (Å²) in [6.07, 6.45) is 0. The van der Waals surface area contributed by atoms with E-state index in [2.05, 4.69) is 4.74 Å². The van der Waals surface area contributed by atoms with E-state index in [9.17, 15) is 9.90 Å². The maximum absolute atomic E-state index is 11.5. The number of halogens is 2. The van der Waals surface area contributed by atoms with Crippen LogP contribution in [0, 0.1) is 0 Å². The first-order chi connectivity index (χ1) is 8.36. The molecule has 18 heavy (non-hydrogen) atoms. The number of aromatic hydroxyl groups is 1. The number of benzene rings is 1. The van der Waals surface area contributed by atoms with Crippen molar-refractivity contribution in [2.75, 3.05) is 20.0 Å². The van der Waals surface area contributed by atoms with Gasteiger partial charge in [0, 0.05) is 5.56 Å². The van der Waals surface area contributed by atoms with Gasteiger partial charge in [-0.3, -0.25) is 4.79 Å². The molecule has 1 aromatic carbocycles. The fourth-order valence-corrected chi connectivity index (χ4v) is 2.31. The number of phenolic OH excluding ortho intramolecular Hbond substituents is 1. The van der Waals surface area contributed by atoms with Crippen molar-refractivity contribution in [2.45, 2.75) is 12.8 Å². The third-order valence-electron chi connectivity index (χ3n) is 2.57. The number of hydrogen-bond donors (Lipinski definition) is 2. The third-order valence-corrected chi connectivity index (χ3v) is 3.36. The van der Waals surface area contributed by atoms with Gasteiger partial charge in [0.2, 0.25) is 0 Å². The van der Waals surface area contributed by atoms with Gasteiger partial charge in [0.15, 0.2) is 11.5 Å². The monoisotopic (exact) mass is 293 g/mol. The van der Waals surface area contributed by atoms with Gasteiger partial charge in [-0.1, -0.05) is 23.2 Å². The Morgan fingerprint density at radius 3 is 2.33 bits per heavy atom. The number of nitrogen functional groups attached to an aromatic ring is 1.